The average molecular weight is 420 g/mol. The predicted molar refractivity (Wildman–Crippen MR) is 113 cm³/mol. The molecule has 0 saturated carbocycles. The van der Waals surface area contributed by atoms with Crippen LogP contribution in [0, 0.1) is 12.8 Å². The largest absolute Gasteiger partial charge is 0.343 e. The van der Waals surface area contributed by atoms with Crippen molar-refractivity contribution >= 4 is 17.6 Å². The Balaban J connectivity index is 1.23. The Hall–Kier alpha value is -3.62. The molecule has 1 aliphatic heterocycles. The van der Waals surface area contributed by atoms with E-state index in [0.717, 1.165) is 11.1 Å². The molecule has 1 saturated heterocycles. The van der Waals surface area contributed by atoms with Gasteiger partial charge in [0.05, 0.1) is 0 Å². The molecule has 4 heterocycles. The number of hydrogen-bond acceptors (Lipinski definition) is 7. The van der Waals surface area contributed by atoms with E-state index in [1.807, 2.05) is 19.1 Å². The zero-order chi connectivity index (χ0) is 21.6. The number of nitrogens with zero attached hydrogens (tertiary/aromatic N) is 5. The third-order valence-electron chi connectivity index (χ3n) is 5.34. The number of rotatable bonds is 6. The van der Waals surface area contributed by atoms with Crippen LogP contribution >= 0.6 is 0 Å². The molecular formula is C22H24N6O3. The maximum Gasteiger partial charge on any atom is 0.228 e. The first-order chi connectivity index (χ1) is 15.1. The fourth-order valence-corrected chi connectivity index (χ4v) is 3.57. The minimum Gasteiger partial charge on any atom is -0.343 e. The molecule has 0 bridgehead atoms. The van der Waals surface area contributed by atoms with E-state index in [9.17, 15) is 9.59 Å². The van der Waals surface area contributed by atoms with Crippen molar-refractivity contribution in [1.82, 2.24) is 25.0 Å². The van der Waals surface area contributed by atoms with Gasteiger partial charge in [-0.2, -0.15) is 4.98 Å². The summed E-state index contributed by atoms with van der Waals surface area (Å²) < 4.78 is 5.26. The van der Waals surface area contributed by atoms with Gasteiger partial charge in [-0.1, -0.05) is 5.16 Å². The number of piperidine rings is 1. The Kier molecular flexibility index (Phi) is 6.30. The van der Waals surface area contributed by atoms with Crippen molar-refractivity contribution in [3.05, 3.63) is 54.3 Å². The molecule has 31 heavy (non-hydrogen) atoms. The number of amides is 2. The average Bonchev–Trinajstić information content (AvgIpc) is 3.27. The van der Waals surface area contributed by atoms with E-state index in [0.29, 0.717) is 56.3 Å². The van der Waals surface area contributed by atoms with E-state index in [4.69, 9.17) is 4.52 Å². The minimum atomic E-state index is -0.120. The fraction of sp³-hybridized carbons (Fsp3) is 0.364. The molecule has 0 aliphatic carbocycles. The van der Waals surface area contributed by atoms with Crippen LogP contribution in [0.1, 0.15) is 30.7 Å². The van der Waals surface area contributed by atoms with Crippen LogP contribution in [0.25, 0.3) is 11.4 Å². The van der Waals surface area contributed by atoms with Gasteiger partial charge in [0.1, 0.15) is 5.82 Å². The third-order valence-corrected chi connectivity index (χ3v) is 5.34. The molecule has 4 rings (SSSR count). The van der Waals surface area contributed by atoms with Crippen molar-refractivity contribution in [2.45, 2.75) is 32.6 Å². The van der Waals surface area contributed by atoms with Gasteiger partial charge in [-0.3, -0.25) is 14.6 Å². The number of likely N-dealkylation sites (tertiary alicyclic amines) is 1. The second-order valence-electron chi connectivity index (χ2n) is 7.61. The molecule has 3 aromatic heterocycles. The Morgan fingerprint density at radius 3 is 2.68 bits per heavy atom. The Labute approximate surface area is 179 Å². The van der Waals surface area contributed by atoms with Gasteiger partial charge < -0.3 is 14.7 Å². The van der Waals surface area contributed by atoms with Crippen molar-refractivity contribution in [2.75, 3.05) is 18.4 Å². The highest BCUT2D eigenvalue weighted by molar-refractivity contribution is 5.92. The lowest BCUT2D eigenvalue weighted by Gasteiger charge is -2.31. The van der Waals surface area contributed by atoms with Gasteiger partial charge in [-0.15, -0.1) is 0 Å². The number of anilines is 1. The summed E-state index contributed by atoms with van der Waals surface area (Å²) in [6, 6.07) is 7.33. The molecule has 0 radical (unpaired) electrons. The lowest BCUT2D eigenvalue weighted by Crippen LogP contribution is -2.41. The first-order valence-corrected chi connectivity index (χ1v) is 10.3. The molecule has 1 N–H and O–H groups in total. The summed E-state index contributed by atoms with van der Waals surface area (Å²) >= 11 is 0. The number of carbonyl (C=O) groups excluding carboxylic acids is 2. The summed E-state index contributed by atoms with van der Waals surface area (Å²) in [6.45, 7) is 3.07. The molecule has 160 valence electrons. The highest BCUT2D eigenvalue weighted by atomic mass is 16.5. The van der Waals surface area contributed by atoms with Crippen LogP contribution in [-0.2, 0) is 16.0 Å². The van der Waals surface area contributed by atoms with Gasteiger partial charge >= 0.3 is 0 Å². The van der Waals surface area contributed by atoms with E-state index in [2.05, 4.69) is 25.4 Å². The number of aromatic nitrogens is 4. The standard InChI is InChI=1S/C22H24N6O3/c1-15-4-11-24-18(14-15)25-22(30)17-7-12-28(13-8-17)20(29)3-2-19-26-21(27-31-19)16-5-9-23-10-6-16/h4-6,9-11,14,17H,2-3,7-8,12-13H2,1H3,(H,24,25,30). The number of nitrogens with one attached hydrogen (secondary N) is 1. The predicted octanol–water partition coefficient (Wildman–Crippen LogP) is 2.64. The minimum absolute atomic E-state index is 0.0304. The summed E-state index contributed by atoms with van der Waals surface area (Å²) in [4.78, 5) is 39.4. The monoisotopic (exact) mass is 420 g/mol. The van der Waals surface area contributed by atoms with E-state index in [1.54, 1.807) is 35.6 Å². The van der Waals surface area contributed by atoms with Crippen molar-refractivity contribution in [2.24, 2.45) is 5.92 Å². The van der Waals surface area contributed by atoms with Gasteiger partial charge in [0.15, 0.2) is 0 Å². The summed E-state index contributed by atoms with van der Waals surface area (Å²) in [5.41, 5.74) is 1.86. The van der Waals surface area contributed by atoms with E-state index in [-0.39, 0.29) is 17.7 Å². The molecule has 9 heteroatoms. The maximum absolute atomic E-state index is 12.6. The lowest BCUT2D eigenvalue weighted by molar-refractivity contribution is -0.134. The van der Waals surface area contributed by atoms with Crippen LogP contribution in [0.5, 0.6) is 0 Å². The molecule has 2 amide bonds. The summed E-state index contributed by atoms with van der Waals surface area (Å²) in [5, 5.41) is 6.83. The molecule has 1 fully saturated rings. The van der Waals surface area contributed by atoms with Crippen LogP contribution in [0.2, 0.25) is 0 Å². The van der Waals surface area contributed by atoms with Crippen molar-refractivity contribution in [3.63, 3.8) is 0 Å². The van der Waals surface area contributed by atoms with Crippen LogP contribution in [0.3, 0.4) is 0 Å². The van der Waals surface area contributed by atoms with Gasteiger partial charge in [0, 0.05) is 56.0 Å². The third kappa shape index (κ3) is 5.30. The smallest absolute Gasteiger partial charge is 0.228 e. The Bertz CT molecular complexity index is 1040. The molecule has 0 aromatic carbocycles. The lowest BCUT2D eigenvalue weighted by atomic mass is 9.95. The van der Waals surface area contributed by atoms with Crippen LogP contribution < -0.4 is 5.32 Å². The number of carbonyl (C=O) groups is 2. The van der Waals surface area contributed by atoms with Gasteiger partial charge in [0.2, 0.25) is 23.5 Å². The zero-order valence-electron chi connectivity index (χ0n) is 17.3. The second-order valence-corrected chi connectivity index (χ2v) is 7.61. The second kappa shape index (κ2) is 9.46. The van der Waals surface area contributed by atoms with E-state index < -0.39 is 0 Å². The molecule has 1 aliphatic rings. The topological polar surface area (TPSA) is 114 Å². The summed E-state index contributed by atoms with van der Waals surface area (Å²) in [5.74, 6) is 1.35. The van der Waals surface area contributed by atoms with Crippen molar-refractivity contribution < 1.29 is 14.1 Å². The fourth-order valence-electron chi connectivity index (χ4n) is 3.57. The van der Waals surface area contributed by atoms with Gasteiger partial charge in [0.25, 0.3) is 0 Å². The van der Waals surface area contributed by atoms with Crippen LogP contribution in [0.15, 0.2) is 47.4 Å². The molecule has 3 aromatic rings. The van der Waals surface area contributed by atoms with Crippen molar-refractivity contribution in [1.29, 1.82) is 0 Å². The van der Waals surface area contributed by atoms with Crippen molar-refractivity contribution in [3.8, 4) is 11.4 Å². The highest BCUT2D eigenvalue weighted by Gasteiger charge is 2.27. The first-order valence-electron chi connectivity index (χ1n) is 10.3. The Morgan fingerprint density at radius 1 is 1.16 bits per heavy atom. The van der Waals surface area contributed by atoms with E-state index in [1.165, 1.54) is 0 Å². The number of hydrogen-bond donors (Lipinski definition) is 1. The highest BCUT2D eigenvalue weighted by Crippen LogP contribution is 2.21. The zero-order valence-corrected chi connectivity index (χ0v) is 17.3. The summed E-state index contributed by atoms with van der Waals surface area (Å²) in [6.07, 6.45) is 6.95. The molecule has 0 unspecified atom stereocenters. The van der Waals surface area contributed by atoms with Crippen LogP contribution in [0.4, 0.5) is 5.82 Å². The van der Waals surface area contributed by atoms with E-state index >= 15 is 0 Å². The van der Waals surface area contributed by atoms with Gasteiger partial charge in [-0.05, 0) is 49.6 Å². The normalized spacial score (nSPS) is 14.4. The number of pyridine rings is 2. The SMILES string of the molecule is Cc1ccnc(NC(=O)C2CCN(C(=O)CCc3nc(-c4ccncc4)no3)CC2)c1. The quantitative estimate of drug-likeness (QED) is 0.652. The molecular weight excluding hydrogens is 396 g/mol. The van der Waals surface area contributed by atoms with Gasteiger partial charge in [-0.25, -0.2) is 4.98 Å². The molecule has 9 nitrogen and oxygen atoms in total. The molecule has 0 atom stereocenters. The maximum atomic E-state index is 12.6. The Morgan fingerprint density at radius 2 is 1.94 bits per heavy atom. The summed E-state index contributed by atoms with van der Waals surface area (Å²) in [7, 11) is 0. The van der Waals surface area contributed by atoms with Crippen LogP contribution in [-0.4, -0.2) is 49.9 Å². The first kappa shape index (κ1) is 20.6. The number of aryl methyl sites for hydroxylation is 2. The molecule has 0 spiro atoms.